The van der Waals surface area contributed by atoms with Crippen LogP contribution in [-0.2, 0) is 4.79 Å². The fourth-order valence-corrected chi connectivity index (χ4v) is 1.92. The van der Waals surface area contributed by atoms with E-state index in [1.54, 1.807) is 13.1 Å². The minimum Gasteiger partial charge on any atom is -0.454 e. The highest BCUT2D eigenvalue weighted by Gasteiger charge is 2.12. The molecule has 0 atom stereocenters. The van der Waals surface area contributed by atoms with E-state index in [0.717, 1.165) is 0 Å². The van der Waals surface area contributed by atoms with Gasteiger partial charge in [-0.05, 0) is 6.07 Å². The zero-order valence-corrected chi connectivity index (χ0v) is 12.3. The second-order valence-corrected chi connectivity index (χ2v) is 4.49. The third kappa shape index (κ3) is 3.53. The second kappa shape index (κ2) is 6.90. The van der Waals surface area contributed by atoms with Gasteiger partial charge >= 0.3 is 0 Å². The number of hydrogen-bond acceptors (Lipinski definition) is 6. The molecular formula is C13H13ClFN5O2. The summed E-state index contributed by atoms with van der Waals surface area (Å²) in [4.78, 5) is 18.8. The van der Waals surface area contributed by atoms with E-state index in [2.05, 4.69) is 20.6 Å². The number of rotatable bonds is 5. The molecule has 0 aliphatic rings. The molecule has 0 aliphatic carbocycles. The molecular weight excluding hydrogens is 313 g/mol. The van der Waals surface area contributed by atoms with Gasteiger partial charge in [0.25, 0.3) is 5.91 Å². The van der Waals surface area contributed by atoms with E-state index in [0.29, 0.717) is 11.4 Å². The van der Waals surface area contributed by atoms with Crippen molar-refractivity contribution in [3.05, 3.63) is 29.5 Å². The number of nitrogens with zero attached hydrogens (tertiary/aromatic N) is 2. The summed E-state index contributed by atoms with van der Waals surface area (Å²) in [7, 11) is 1.65. The first kappa shape index (κ1) is 15.8. The van der Waals surface area contributed by atoms with Gasteiger partial charge in [-0.25, -0.2) is 14.4 Å². The Morgan fingerprint density at radius 2 is 2.27 bits per heavy atom. The lowest BCUT2D eigenvalue weighted by molar-refractivity contribution is -0.117. The van der Waals surface area contributed by atoms with Gasteiger partial charge in [0.2, 0.25) is 0 Å². The van der Waals surface area contributed by atoms with Gasteiger partial charge in [-0.2, -0.15) is 0 Å². The largest absolute Gasteiger partial charge is 0.454 e. The molecule has 2 aromatic rings. The van der Waals surface area contributed by atoms with Gasteiger partial charge in [-0.1, -0.05) is 11.6 Å². The van der Waals surface area contributed by atoms with Crippen LogP contribution in [0, 0.1) is 0 Å². The fourth-order valence-electron chi connectivity index (χ4n) is 1.64. The first-order valence-electron chi connectivity index (χ1n) is 6.16. The Labute approximate surface area is 130 Å². The zero-order valence-electron chi connectivity index (χ0n) is 11.6. The van der Waals surface area contributed by atoms with Crippen molar-refractivity contribution in [1.29, 1.82) is 0 Å². The third-order valence-corrected chi connectivity index (χ3v) is 2.99. The SMILES string of the molecule is CNc1c(N)ncc(Oc2ccnc(NC(=O)CF)c2)c1Cl. The van der Waals surface area contributed by atoms with Crippen LogP contribution < -0.4 is 21.1 Å². The smallest absolute Gasteiger partial charge is 0.256 e. The van der Waals surface area contributed by atoms with Crippen LogP contribution in [0.3, 0.4) is 0 Å². The molecule has 0 aliphatic heterocycles. The first-order chi connectivity index (χ1) is 10.5. The molecule has 9 heteroatoms. The van der Waals surface area contributed by atoms with Crippen LogP contribution in [0.5, 0.6) is 11.5 Å². The van der Waals surface area contributed by atoms with E-state index in [1.807, 2.05) is 0 Å². The number of anilines is 3. The Bertz CT molecular complexity index is 698. The minimum absolute atomic E-state index is 0.161. The van der Waals surface area contributed by atoms with Crippen molar-refractivity contribution in [2.45, 2.75) is 0 Å². The predicted molar refractivity (Wildman–Crippen MR) is 82.1 cm³/mol. The lowest BCUT2D eigenvalue weighted by Gasteiger charge is -2.12. The molecule has 116 valence electrons. The Kier molecular flexibility index (Phi) is 4.95. The quantitative estimate of drug-likeness (QED) is 0.780. The summed E-state index contributed by atoms with van der Waals surface area (Å²) in [6.07, 6.45) is 2.78. The van der Waals surface area contributed by atoms with Gasteiger partial charge < -0.3 is 21.1 Å². The van der Waals surface area contributed by atoms with E-state index in [-0.39, 0.29) is 22.4 Å². The van der Waals surface area contributed by atoms with E-state index in [9.17, 15) is 9.18 Å². The van der Waals surface area contributed by atoms with E-state index >= 15 is 0 Å². The number of nitrogen functional groups attached to an aromatic ring is 1. The number of halogens is 2. The van der Waals surface area contributed by atoms with Crippen LogP contribution in [0.4, 0.5) is 21.7 Å². The number of pyridine rings is 2. The fraction of sp³-hybridized carbons (Fsp3) is 0.154. The number of nitrogens with one attached hydrogen (secondary N) is 2. The molecule has 22 heavy (non-hydrogen) atoms. The number of aromatic nitrogens is 2. The maximum atomic E-state index is 12.2. The Hall–Kier alpha value is -2.61. The summed E-state index contributed by atoms with van der Waals surface area (Å²) >= 11 is 6.17. The van der Waals surface area contributed by atoms with Crippen molar-refractivity contribution in [2.24, 2.45) is 0 Å². The molecule has 0 saturated carbocycles. The van der Waals surface area contributed by atoms with Gasteiger partial charge in [0, 0.05) is 19.3 Å². The number of hydrogen-bond donors (Lipinski definition) is 3. The molecule has 0 aromatic carbocycles. The summed E-state index contributed by atoms with van der Waals surface area (Å²) in [5.41, 5.74) is 6.13. The predicted octanol–water partition coefficient (Wildman–Crippen LogP) is 2.45. The third-order valence-electron chi connectivity index (χ3n) is 2.61. The van der Waals surface area contributed by atoms with E-state index in [4.69, 9.17) is 22.1 Å². The summed E-state index contributed by atoms with van der Waals surface area (Å²) in [6, 6.07) is 2.98. The lowest BCUT2D eigenvalue weighted by Crippen LogP contribution is -2.13. The highest BCUT2D eigenvalue weighted by atomic mass is 35.5. The van der Waals surface area contributed by atoms with Gasteiger partial charge in [0.15, 0.2) is 12.4 Å². The Morgan fingerprint density at radius 3 is 2.95 bits per heavy atom. The van der Waals surface area contributed by atoms with Crippen LogP contribution in [0.25, 0.3) is 0 Å². The van der Waals surface area contributed by atoms with Crippen LogP contribution >= 0.6 is 11.6 Å². The summed E-state index contributed by atoms with van der Waals surface area (Å²) in [5.74, 6) is 0.224. The molecule has 0 saturated heterocycles. The molecule has 1 amide bonds. The normalized spacial score (nSPS) is 10.1. The molecule has 0 radical (unpaired) electrons. The van der Waals surface area contributed by atoms with Gasteiger partial charge in [0.1, 0.15) is 22.4 Å². The topological polar surface area (TPSA) is 102 Å². The summed E-state index contributed by atoms with van der Waals surface area (Å²) < 4.78 is 17.8. The second-order valence-electron chi connectivity index (χ2n) is 4.11. The average molecular weight is 326 g/mol. The van der Waals surface area contributed by atoms with E-state index in [1.165, 1.54) is 18.5 Å². The zero-order chi connectivity index (χ0) is 16.1. The van der Waals surface area contributed by atoms with Crippen molar-refractivity contribution < 1.29 is 13.9 Å². The molecule has 0 bridgehead atoms. The molecule has 0 unspecified atom stereocenters. The van der Waals surface area contributed by atoms with Crippen molar-refractivity contribution >= 4 is 34.8 Å². The maximum absolute atomic E-state index is 12.2. The van der Waals surface area contributed by atoms with Crippen LogP contribution in [-0.4, -0.2) is 29.6 Å². The summed E-state index contributed by atoms with van der Waals surface area (Å²) in [5, 5.41) is 5.37. The highest BCUT2D eigenvalue weighted by Crippen LogP contribution is 2.37. The average Bonchev–Trinajstić information content (AvgIpc) is 2.51. The molecule has 2 aromatic heterocycles. The number of carbonyl (C=O) groups is 1. The number of ether oxygens (including phenoxy) is 1. The Morgan fingerprint density at radius 1 is 1.50 bits per heavy atom. The van der Waals surface area contributed by atoms with Gasteiger partial charge in [-0.15, -0.1) is 0 Å². The molecule has 0 fully saturated rings. The minimum atomic E-state index is -1.13. The molecule has 2 heterocycles. The van der Waals surface area contributed by atoms with Crippen molar-refractivity contribution in [3.63, 3.8) is 0 Å². The van der Waals surface area contributed by atoms with Crippen molar-refractivity contribution in [3.8, 4) is 11.5 Å². The van der Waals surface area contributed by atoms with Crippen LogP contribution in [0.2, 0.25) is 5.02 Å². The van der Waals surface area contributed by atoms with Crippen LogP contribution in [0.15, 0.2) is 24.5 Å². The monoisotopic (exact) mass is 325 g/mol. The van der Waals surface area contributed by atoms with Gasteiger partial charge in [-0.3, -0.25) is 4.79 Å². The number of alkyl halides is 1. The first-order valence-corrected chi connectivity index (χ1v) is 6.54. The maximum Gasteiger partial charge on any atom is 0.256 e. The van der Waals surface area contributed by atoms with E-state index < -0.39 is 12.6 Å². The highest BCUT2D eigenvalue weighted by molar-refractivity contribution is 6.35. The lowest BCUT2D eigenvalue weighted by atomic mass is 10.3. The molecule has 4 N–H and O–H groups in total. The standard InChI is InChI=1S/C13H13ClFN5O2/c1-17-12-11(14)8(6-19-13(12)16)22-7-2-3-18-9(4-7)20-10(21)5-15/h2-4,6,17H,5H2,1H3,(H2,16,19)(H,18,20,21). The molecule has 2 rings (SSSR count). The number of nitrogens with two attached hydrogens (primary N) is 1. The molecule has 0 spiro atoms. The Balaban J connectivity index is 2.24. The number of carbonyl (C=O) groups excluding carboxylic acids is 1. The summed E-state index contributed by atoms with van der Waals surface area (Å²) in [6.45, 7) is -1.13. The van der Waals surface area contributed by atoms with Crippen molar-refractivity contribution in [1.82, 2.24) is 9.97 Å². The molecule has 7 nitrogen and oxygen atoms in total. The van der Waals surface area contributed by atoms with Crippen molar-refractivity contribution in [2.75, 3.05) is 30.1 Å². The van der Waals surface area contributed by atoms with Gasteiger partial charge in [0.05, 0.1) is 11.9 Å². The van der Waals surface area contributed by atoms with Crippen LogP contribution in [0.1, 0.15) is 0 Å². The number of amides is 1.